The molecule has 0 aliphatic rings. The Morgan fingerprint density at radius 2 is 2.05 bits per heavy atom. The van der Waals surface area contributed by atoms with Gasteiger partial charge >= 0.3 is 0 Å². The molecule has 1 N–H and O–H groups in total. The van der Waals surface area contributed by atoms with E-state index >= 15 is 0 Å². The van der Waals surface area contributed by atoms with E-state index in [0.717, 1.165) is 12.5 Å². The summed E-state index contributed by atoms with van der Waals surface area (Å²) in [6, 6.07) is 2.25. The molecule has 0 spiro atoms. The molecule has 1 amide bonds. The molecule has 0 saturated carbocycles. The van der Waals surface area contributed by atoms with E-state index in [1.54, 1.807) is 0 Å². The zero-order valence-electron chi connectivity index (χ0n) is 11.5. The monoisotopic (exact) mass is 321 g/mol. The molecule has 20 heavy (non-hydrogen) atoms. The van der Waals surface area contributed by atoms with Gasteiger partial charge in [-0.3, -0.25) is 4.79 Å². The molecule has 0 aliphatic carbocycles. The maximum Gasteiger partial charge on any atom is 0.264 e. The third-order valence-corrected chi connectivity index (χ3v) is 4.38. The second-order valence-electron chi connectivity index (χ2n) is 4.77. The van der Waals surface area contributed by atoms with Crippen LogP contribution < -0.4 is 5.32 Å². The van der Waals surface area contributed by atoms with Gasteiger partial charge in [0.1, 0.15) is 10.7 Å². The molecule has 4 nitrogen and oxygen atoms in total. The van der Waals surface area contributed by atoms with Crippen LogP contribution in [0.15, 0.2) is 17.0 Å². The average Bonchev–Trinajstić information content (AvgIpc) is 2.36. The van der Waals surface area contributed by atoms with E-state index in [-0.39, 0.29) is 11.1 Å². The number of halogens is 2. The number of carbonyl (C=O) groups is 1. The highest BCUT2D eigenvalue weighted by atomic mass is 35.7. The molecular weight excluding hydrogens is 305 g/mol. The Hall–Kier alpha value is -1.14. The summed E-state index contributed by atoms with van der Waals surface area (Å²) < 4.78 is 36.3. The summed E-state index contributed by atoms with van der Waals surface area (Å²) >= 11 is 0. The van der Waals surface area contributed by atoms with E-state index in [0.29, 0.717) is 12.5 Å². The fourth-order valence-electron chi connectivity index (χ4n) is 1.56. The van der Waals surface area contributed by atoms with Crippen molar-refractivity contribution in [2.75, 3.05) is 6.54 Å². The standard InChI is InChI=1S/C13H17ClFNO3S/c1-4-8(2)7-16-13(17)10-5-9(3)12(15)11(6-10)20(14,18)19/h5-6,8H,4,7H2,1-3H3,(H,16,17). The lowest BCUT2D eigenvalue weighted by atomic mass is 10.1. The molecule has 0 aromatic heterocycles. The van der Waals surface area contributed by atoms with Crippen LogP contribution in [0.25, 0.3) is 0 Å². The smallest absolute Gasteiger partial charge is 0.264 e. The Morgan fingerprint density at radius 3 is 2.55 bits per heavy atom. The van der Waals surface area contributed by atoms with Crippen LogP contribution in [-0.4, -0.2) is 20.9 Å². The van der Waals surface area contributed by atoms with Crippen molar-refractivity contribution < 1.29 is 17.6 Å². The maximum absolute atomic E-state index is 13.7. The van der Waals surface area contributed by atoms with Crippen molar-refractivity contribution in [3.8, 4) is 0 Å². The second kappa shape index (κ2) is 6.54. The van der Waals surface area contributed by atoms with Crippen LogP contribution >= 0.6 is 10.7 Å². The number of benzene rings is 1. The predicted octanol–water partition coefficient (Wildman–Crippen LogP) is 2.84. The predicted molar refractivity (Wildman–Crippen MR) is 76.0 cm³/mol. The highest BCUT2D eigenvalue weighted by Crippen LogP contribution is 2.23. The van der Waals surface area contributed by atoms with Crippen LogP contribution in [0.3, 0.4) is 0 Å². The molecule has 0 radical (unpaired) electrons. The van der Waals surface area contributed by atoms with Gasteiger partial charge in [-0.1, -0.05) is 20.3 Å². The summed E-state index contributed by atoms with van der Waals surface area (Å²) in [4.78, 5) is 11.3. The van der Waals surface area contributed by atoms with Crippen LogP contribution in [0, 0.1) is 18.7 Å². The van der Waals surface area contributed by atoms with Crippen LogP contribution in [0.2, 0.25) is 0 Å². The van der Waals surface area contributed by atoms with Crippen molar-refractivity contribution in [1.82, 2.24) is 5.32 Å². The highest BCUT2D eigenvalue weighted by molar-refractivity contribution is 8.13. The number of aryl methyl sites for hydroxylation is 1. The lowest BCUT2D eigenvalue weighted by Gasteiger charge is -2.11. The van der Waals surface area contributed by atoms with E-state index < -0.39 is 25.7 Å². The molecule has 1 aromatic rings. The van der Waals surface area contributed by atoms with Crippen LogP contribution in [0.5, 0.6) is 0 Å². The van der Waals surface area contributed by atoms with Crippen LogP contribution in [0.1, 0.15) is 36.2 Å². The van der Waals surface area contributed by atoms with Gasteiger partial charge in [0.15, 0.2) is 0 Å². The minimum atomic E-state index is -4.23. The molecule has 0 heterocycles. The molecule has 1 unspecified atom stereocenters. The molecule has 0 fully saturated rings. The SMILES string of the molecule is CCC(C)CNC(=O)c1cc(C)c(F)c(S(=O)(=O)Cl)c1. The number of hydrogen-bond acceptors (Lipinski definition) is 3. The van der Waals surface area contributed by atoms with Crippen LogP contribution in [-0.2, 0) is 9.05 Å². The molecule has 0 saturated heterocycles. The number of hydrogen-bond donors (Lipinski definition) is 1. The van der Waals surface area contributed by atoms with Crippen molar-refractivity contribution in [3.63, 3.8) is 0 Å². The molecule has 0 bridgehead atoms. The molecule has 112 valence electrons. The number of rotatable bonds is 5. The molecular formula is C13H17ClFNO3S. The van der Waals surface area contributed by atoms with E-state index in [1.807, 2.05) is 13.8 Å². The largest absolute Gasteiger partial charge is 0.352 e. The van der Waals surface area contributed by atoms with Gasteiger partial charge in [-0.15, -0.1) is 0 Å². The first-order chi connectivity index (χ1) is 9.16. The minimum absolute atomic E-state index is 0.0559. The summed E-state index contributed by atoms with van der Waals surface area (Å²) in [6.45, 7) is 5.82. The van der Waals surface area contributed by atoms with E-state index in [4.69, 9.17) is 10.7 Å². The maximum atomic E-state index is 13.7. The highest BCUT2D eigenvalue weighted by Gasteiger charge is 2.21. The summed E-state index contributed by atoms with van der Waals surface area (Å²) in [5.41, 5.74) is 0.131. The Kier molecular flexibility index (Phi) is 5.53. The third kappa shape index (κ3) is 4.18. The van der Waals surface area contributed by atoms with Gasteiger partial charge in [-0.2, -0.15) is 0 Å². The molecule has 0 aliphatic heterocycles. The minimum Gasteiger partial charge on any atom is -0.352 e. The van der Waals surface area contributed by atoms with Gasteiger partial charge in [0.2, 0.25) is 0 Å². The third-order valence-electron chi connectivity index (χ3n) is 3.05. The Labute approximate surface area is 122 Å². The number of amides is 1. The van der Waals surface area contributed by atoms with E-state index in [9.17, 15) is 17.6 Å². The Morgan fingerprint density at radius 1 is 1.45 bits per heavy atom. The summed E-state index contributed by atoms with van der Waals surface area (Å²) in [6.07, 6.45) is 0.907. The van der Waals surface area contributed by atoms with Gasteiger partial charge < -0.3 is 5.32 Å². The quantitative estimate of drug-likeness (QED) is 0.848. The van der Waals surface area contributed by atoms with Gasteiger partial charge in [0, 0.05) is 22.8 Å². The van der Waals surface area contributed by atoms with Crippen molar-refractivity contribution in [1.29, 1.82) is 0 Å². The average molecular weight is 322 g/mol. The first-order valence-electron chi connectivity index (χ1n) is 6.19. The van der Waals surface area contributed by atoms with Crippen molar-refractivity contribution in [2.45, 2.75) is 32.1 Å². The number of carbonyl (C=O) groups excluding carboxylic acids is 1. The molecule has 1 rings (SSSR count). The normalized spacial score (nSPS) is 13.1. The van der Waals surface area contributed by atoms with Crippen molar-refractivity contribution in [3.05, 3.63) is 29.1 Å². The molecule has 7 heteroatoms. The fraction of sp³-hybridized carbons (Fsp3) is 0.462. The van der Waals surface area contributed by atoms with Gasteiger partial charge in [-0.05, 0) is 30.5 Å². The van der Waals surface area contributed by atoms with Gasteiger partial charge in [0.05, 0.1) is 0 Å². The molecule has 1 atom stereocenters. The lowest BCUT2D eigenvalue weighted by molar-refractivity contribution is 0.0947. The first-order valence-corrected chi connectivity index (χ1v) is 8.50. The zero-order chi connectivity index (χ0) is 15.5. The van der Waals surface area contributed by atoms with E-state index in [1.165, 1.54) is 13.0 Å². The summed E-state index contributed by atoms with van der Waals surface area (Å²) in [5.74, 6) is -1.08. The Bertz CT molecular complexity index is 616. The zero-order valence-corrected chi connectivity index (χ0v) is 13.1. The Balaban J connectivity index is 3.09. The second-order valence-corrected chi connectivity index (χ2v) is 7.30. The topological polar surface area (TPSA) is 63.2 Å². The summed E-state index contributed by atoms with van der Waals surface area (Å²) in [5, 5.41) is 2.68. The number of nitrogens with one attached hydrogen (secondary N) is 1. The molecule has 1 aromatic carbocycles. The summed E-state index contributed by atoms with van der Waals surface area (Å²) in [7, 11) is 0.932. The van der Waals surface area contributed by atoms with Crippen molar-refractivity contribution in [2.24, 2.45) is 5.92 Å². The first kappa shape index (κ1) is 16.9. The van der Waals surface area contributed by atoms with Gasteiger partial charge in [-0.25, -0.2) is 12.8 Å². The fourth-order valence-corrected chi connectivity index (χ4v) is 2.54. The van der Waals surface area contributed by atoms with E-state index in [2.05, 4.69) is 5.32 Å². The van der Waals surface area contributed by atoms with Crippen molar-refractivity contribution >= 4 is 25.6 Å². The lowest BCUT2D eigenvalue weighted by Crippen LogP contribution is -2.28. The van der Waals surface area contributed by atoms with Gasteiger partial charge in [0.25, 0.3) is 15.0 Å². The van der Waals surface area contributed by atoms with Crippen LogP contribution in [0.4, 0.5) is 4.39 Å².